The van der Waals surface area contributed by atoms with Crippen molar-refractivity contribution in [3.8, 4) is 5.75 Å². The number of thiophene rings is 1. The first-order valence-electron chi connectivity index (χ1n) is 10.3. The maximum absolute atomic E-state index is 13.0. The van der Waals surface area contributed by atoms with Crippen LogP contribution in [-0.4, -0.2) is 35.9 Å². The second kappa shape index (κ2) is 9.12. The summed E-state index contributed by atoms with van der Waals surface area (Å²) in [5.74, 6) is -0.845. The number of nitrogens with zero attached hydrogens (tertiary/aromatic N) is 1. The van der Waals surface area contributed by atoms with Gasteiger partial charge in [-0.1, -0.05) is 12.1 Å². The maximum atomic E-state index is 13.0. The number of carbonyl (C=O) groups excluding carboxylic acids is 2. The van der Waals surface area contributed by atoms with Gasteiger partial charge in [-0.25, -0.2) is 0 Å². The highest BCUT2D eigenvalue weighted by Crippen LogP contribution is 2.30. The highest BCUT2D eigenvalue weighted by Gasteiger charge is 2.35. The van der Waals surface area contributed by atoms with Gasteiger partial charge in [0.1, 0.15) is 11.8 Å². The largest absolute Gasteiger partial charge is 0.434 e. The summed E-state index contributed by atoms with van der Waals surface area (Å²) < 4.78 is 29.9. The smallest absolute Gasteiger partial charge is 0.387 e. The Labute approximate surface area is 178 Å². The second-order valence-electron chi connectivity index (χ2n) is 7.62. The molecule has 2 heterocycles. The Morgan fingerprint density at radius 2 is 2.00 bits per heavy atom. The normalized spacial score (nSPS) is 18.4. The van der Waals surface area contributed by atoms with Crippen molar-refractivity contribution in [3.63, 3.8) is 0 Å². The second-order valence-corrected chi connectivity index (χ2v) is 8.84. The van der Waals surface area contributed by atoms with Gasteiger partial charge in [0.2, 0.25) is 5.91 Å². The third-order valence-corrected chi connectivity index (χ3v) is 6.87. The Bertz CT molecular complexity index is 907. The summed E-state index contributed by atoms with van der Waals surface area (Å²) in [6.07, 6.45) is 5.88. The minimum Gasteiger partial charge on any atom is -0.434 e. The number of carbonyl (C=O) groups is 2. The van der Waals surface area contributed by atoms with Crippen LogP contribution in [0.15, 0.2) is 30.3 Å². The summed E-state index contributed by atoms with van der Waals surface area (Å²) in [6, 6.07) is 7.48. The lowest BCUT2D eigenvalue weighted by molar-refractivity contribution is -0.125. The average Bonchev–Trinajstić information content (AvgIpc) is 3.38. The first-order valence-corrected chi connectivity index (χ1v) is 11.1. The molecule has 5 nitrogen and oxygen atoms in total. The van der Waals surface area contributed by atoms with E-state index in [4.69, 9.17) is 0 Å². The summed E-state index contributed by atoms with van der Waals surface area (Å²) in [6.45, 7) is -2.17. The molecule has 0 saturated carbocycles. The molecule has 1 N–H and O–H groups in total. The van der Waals surface area contributed by atoms with Crippen molar-refractivity contribution in [1.29, 1.82) is 0 Å². The predicted molar refractivity (Wildman–Crippen MR) is 110 cm³/mol. The lowest BCUT2D eigenvalue weighted by atomic mass is 9.99. The maximum Gasteiger partial charge on any atom is 0.387 e. The summed E-state index contributed by atoms with van der Waals surface area (Å²) in [5, 5.41) is 2.96. The standard InChI is InChI=1S/C22H24F2N2O3S/c23-22(24)29-18-9-3-2-7-16(18)21(28)26-11-5-8-17(26)20(27)25-13-15-12-14-6-1-4-10-19(14)30-15/h2-3,7,9,12,17,22H,1,4-6,8,10-11,13H2,(H,25,27). The first-order chi connectivity index (χ1) is 14.5. The number of fused-ring (bicyclic) bond motifs is 1. The molecule has 8 heteroatoms. The molecule has 30 heavy (non-hydrogen) atoms. The Balaban J connectivity index is 1.42. The fourth-order valence-corrected chi connectivity index (χ4v) is 5.41. The van der Waals surface area contributed by atoms with Crippen molar-refractivity contribution in [2.75, 3.05) is 6.54 Å². The minimum atomic E-state index is -3.02. The molecule has 1 fully saturated rings. The quantitative estimate of drug-likeness (QED) is 0.743. The van der Waals surface area contributed by atoms with Gasteiger partial charge in [0.25, 0.3) is 5.91 Å². The van der Waals surface area contributed by atoms with Gasteiger partial charge >= 0.3 is 6.61 Å². The fourth-order valence-electron chi connectivity index (χ4n) is 4.21. The molecular weight excluding hydrogens is 410 g/mol. The van der Waals surface area contributed by atoms with Crippen LogP contribution < -0.4 is 10.1 Å². The van der Waals surface area contributed by atoms with E-state index in [1.54, 1.807) is 17.4 Å². The lowest BCUT2D eigenvalue weighted by Gasteiger charge is -2.24. The number of alkyl halides is 2. The topological polar surface area (TPSA) is 58.6 Å². The molecule has 4 rings (SSSR count). The molecule has 1 aromatic heterocycles. The van der Waals surface area contributed by atoms with Gasteiger partial charge in [-0.15, -0.1) is 11.3 Å². The van der Waals surface area contributed by atoms with Gasteiger partial charge in [0, 0.05) is 16.3 Å². The van der Waals surface area contributed by atoms with Crippen LogP contribution in [0.1, 0.15) is 51.4 Å². The first kappa shape index (κ1) is 20.8. The van der Waals surface area contributed by atoms with Crippen LogP contribution in [0.3, 0.4) is 0 Å². The molecule has 0 spiro atoms. The third kappa shape index (κ3) is 4.48. The Hall–Kier alpha value is -2.48. The molecule has 1 aromatic carbocycles. The van der Waals surface area contributed by atoms with Crippen molar-refractivity contribution in [1.82, 2.24) is 10.2 Å². The summed E-state index contributed by atoms with van der Waals surface area (Å²) in [7, 11) is 0. The monoisotopic (exact) mass is 434 g/mol. The van der Waals surface area contributed by atoms with Crippen molar-refractivity contribution in [3.05, 3.63) is 51.2 Å². The van der Waals surface area contributed by atoms with Crippen LogP contribution in [0.25, 0.3) is 0 Å². The Morgan fingerprint density at radius 3 is 2.80 bits per heavy atom. The van der Waals surface area contributed by atoms with Gasteiger partial charge in [0.05, 0.1) is 12.1 Å². The number of ether oxygens (including phenoxy) is 1. The molecule has 1 aliphatic heterocycles. The number of halogens is 2. The summed E-state index contributed by atoms with van der Waals surface area (Å²) >= 11 is 1.75. The highest BCUT2D eigenvalue weighted by atomic mass is 32.1. The molecule has 1 unspecified atom stereocenters. The number of amides is 2. The number of hydrogen-bond donors (Lipinski definition) is 1. The van der Waals surface area contributed by atoms with Crippen molar-refractivity contribution in [2.24, 2.45) is 0 Å². The minimum absolute atomic E-state index is 0.0448. The van der Waals surface area contributed by atoms with E-state index in [1.807, 2.05) is 0 Å². The van der Waals surface area contributed by atoms with Crippen LogP contribution in [0.4, 0.5) is 8.78 Å². The van der Waals surface area contributed by atoms with E-state index < -0.39 is 18.6 Å². The molecule has 1 aliphatic carbocycles. The van der Waals surface area contributed by atoms with Crippen LogP contribution in [0.5, 0.6) is 5.75 Å². The van der Waals surface area contributed by atoms with Crippen LogP contribution >= 0.6 is 11.3 Å². The molecule has 2 aromatic rings. The van der Waals surface area contributed by atoms with Gasteiger partial charge < -0.3 is 15.0 Å². The van der Waals surface area contributed by atoms with E-state index in [0.717, 1.165) is 17.7 Å². The van der Waals surface area contributed by atoms with Crippen molar-refractivity contribution < 1.29 is 23.1 Å². The lowest BCUT2D eigenvalue weighted by Crippen LogP contribution is -2.45. The zero-order valence-electron chi connectivity index (χ0n) is 16.5. The number of para-hydroxylation sites is 1. The number of hydrogen-bond acceptors (Lipinski definition) is 4. The molecule has 2 aliphatic rings. The van der Waals surface area contributed by atoms with Gasteiger partial charge in [-0.3, -0.25) is 9.59 Å². The van der Waals surface area contributed by atoms with Gasteiger partial charge in [-0.2, -0.15) is 8.78 Å². The molecule has 1 atom stereocenters. The molecule has 160 valence electrons. The zero-order chi connectivity index (χ0) is 21.1. The van der Waals surface area contributed by atoms with Gasteiger partial charge in [0.15, 0.2) is 0 Å². The molecule has 2 amide bonds. The van der Waals surface area contributed by atoms with Crippen molar-refractivity contribution >= 4 is 23.2 Å². The Kier molecular flexibility index (Phi) is 6.32. The van der Waals surface area contributed by atoms with E-state index in [1.165, 1.54) is 46.4 Å². The highest BCUT2D eigenvalue weighted by molar-refractivity contribution is 7.12. The van der Waals surface area contributed by atoms with Crippen molar-refractivity contribution in [2.45, 2.75) is 57.7 Å². The average molecular weight is 435 g/mol. The third-order valence-electron chi connectivity index (χ3n) is 5.63. The molecular formula is C22H24F2N2O3S. The summed E-state index contributed by atoms with van der Waals surface area (Å²) in [4.78, 5) is 29.8. The molecule has 0 bridgehead atoms. The van der Waals surface area contributed by atoms with Gasteiger partial charge in [-0.05, 0) is 62.3 Å². The molecule has 1 saturated heterocycles. The number of rotatable bonds is 6. The van der Waals surface area contributed by atoms with E-state index in [-0.39, 0.29) is 17.2 Å². The SMILES string of the molecule is O=C(NCc1cc2c(s1)CCCC2)C1CCCN1C(=O)c1ccccc1OC(F)F. The van der Waals surface area contributed by atoms with Crippen LogP contribution in [0.2, 0.25) is 0 Å². The molecule has 0 radical (unpaired) electrons. The zero-order valence-corrected chi connectivity index (χ0v) is 17.4. The summed E-state index contributed by atoms with van der Waals surface area (Å²) in [5.41, 5.74) is 1.44. The number of nitrogens with one attached hydrogen (secondary N) is 1. The van der Waals surface area contributed by atoms with Crippen LogP contribution in [-0.2, 0) is 24.2 Å². The van der Waals surface area contributed by atoms with E-state index >= 15 is 0 Å². The van der Waals surface area contributed by atoms with Crippen LogP contribution in [0, 0.1) is 0 Å². The fraction of sp³-hybridized carbons (Fsp3) is 0.455. The number of benzene rings is 1. The van der Waals surface area contributed by atoms with E-state index in [0.29, 0.717) is 25.9 Å². The number of likely N-dealkylation sites (tertiary alicyclic amines) is 1. The van der Waals surface area contributed by atoms with E-state index in [9.17, 15) is 18.4 Å². The Morgan fingerprint density at radius 1 is 1.20 bits per heavy atom. The van der Waals surface area contributed by atoms with E-state index in [2.05, 4.69) is 16.1 Å². The number of aryl methyl sites for hydroxylation is 2. The predicted octanol–water partition coefficient (Wildman–Crippen LogP) is 4.15.